The summed E-state index contributed by atoms with van der Waals surface area (Å²) >= 11 is 4.89. The average molecular weight is 571 g/mol. The number of hydrogen-bond donors (Lipinski definition) is 1. The number of carbonyl (C=O) groups excluding carboxylic acids is 1. The summed E-state index contributed by atoms with van der Waals surface area (Å²) in [5.41, 5.74) is 3.30. The minimum atomic E-state index is -3.88. The van der Waals surface area contributed by atoms with Gasteiger partial charge in [-0.15, -0.1) is 11.3 Å². The zero-order chi connectivity index (χ0) is 24.8. The molecule has 0 fully saturated rings. The van der Waals surface area contributed by atoms with Gasteiger partial charge in [0.1, 0.15) is 0 Å². The molecule has 1 heterocycles. The van der Waals surface area contributed by atoms with Gasteiger partial charge in [0.05, 0.1) is 22.1 Å². The number of rotatable bonds is 9. The van der Waals surface area contributed by atoms with Crippen molar-refractivity contribution in [2.45, 2.75) is 18.2 Å². The van der Waals surface area contributed by atoms with Crippen LogP contribution in [0.1, 0.15) is 10.6 Å². The first kappa shape index (κ1) is 25.2. The molecule has 35 heavy (non-hydrogen) atoms. The fourth-order valence-corrected chi connectivity index (χ4v) is 5.83. The Morgan fingerprint density at radius 1 is 1.03 bits per heavy atom. The lowest BCUT2D eigenvalue weighted by atomic mass is 10.1. The maximum absolute atomic E-state index is 13.4. The number of aromatic nitrogens is 1. The Morgan fingerprint density at radius 3 is 2.46 bits per heavy atom. The van der Waals surface area contributed by atoms with Crippen molar-refractivity contribution in [1.82, 2.24) is 9.29 Å². The first-order valence-electron chi connectivity index (χ1n) is 10.9. The third kappa shape index (κ3) is 6.64. The van der Waals surface area contributed by atoms with E-state index in [1.807, 2.05) is 60.8 Å². The van der Waals surface area contributed by atoms with Crippen molar-refractivity contribution in [2.24, 2.45) is 0 Å². The number of halogens is 1. The molecule has 0 saturated carbocycles. The summed E-state index contributed by atoms with van der Waals surface area (Å²) in [4.78, 5) is 17.6. The maximum atomic E-state index is 13.4. The van der Waals surface area contributed by atoms with Crippen LogP contribution in [-0.4, -0.2) is 36.7 Å². The standard InChI is InChI=1S/C26H24BrN3O3S2/c1-19-28-25(18-34-19)21-8-5-9-23(16-21)29-26(31)17-30(15-14-20-6-3-2-4-7-20)35(32,33)24-12-10-22(27)11-13-24/h2-13,16,18H,14-15,17H2,1H3,(H,29,31). The molecule has 0 spiro atoms. The van der Waals surface area contributed by atoms with Gasteiger partial charge in [0.25, 0.3) is 0 Å². The van der Waals surface area contributed by atoms with Crippen molar-refractivity contribution < 1.29 is 13.2 Å². The number of amides is 1. The van der Waals surface area contributed by atoms with Gasteiger partial charge in [-0.3, -0.25) is 4.79 Å². The van der Waals surface area contributed by atoms with Gasteiger partial charge in [-0.1, -0.05) is 58.4 Å². The number of nitrogens with one attached hydrogen (secondary N) is 1. The Bertz CT molecular complexity index is 1410. The van der Waals surface area contributed by atoms with Crippen LogP contribution in [0.15, 0.2) is 93.6 Å². The smallest absolute Gasteiger partial charge is 0.243 e. The van der Waals surface area contributed by atoms with Crippen molar-refractivity contribution in [2.75, 3.05) is 18.4 Å². The van der Waals surface area contributed by atoms with Gasteiger partial charge in [-0.2, -0.15) is 4.31 Å². The number of benzene rings is 3. The van der Waals surface area contributed by atoms with Crippen molar-refractivity contribution in [3.05, 3.63) is 99.3 Å². The first-order valence-corrected chi connectivity index (χ1v) is 14.0. The van der Waals surface area contributed by atoms with E-state index in [9.17, 15) is 13.2 Å². The van der Waals surface area contributed by atoms with Gasteiger partial charge in [-0.25, -0.2) is 13.4 Å². The molecule has 1 N–H and O–H groups in total. The number of hydrogen-bond acceptors (Lipinski definition) is 5. The summed E-state index contributed by atoms with van der Waals surface area (Å²) in [6.45, 7) is 1.81. The molecule has 0 unspecified atom stereocenters. The predicted molar refractivity (Wildman–Crippen MR) is 144 cm³/mol. The van der Waals surface area contributed by atoms with E-state index < -0.39 is 15.9 Å². The minimum absolute atomic E-state index is 0.141. The van der Waals surface area contributed by atoms with Crippen LogP contribution in [0, 0.1) is 6.92 Å². The van der Waals surface area contributed by atoms with Crippen LogP contribution in [0.2, 0.25) is 0 Å². The Labute approximate surface area is 217 Å². The number of nitrogens with zero attached hydrogens (tertiary/aromatic N) is 2. The van der Waals surface area contributed by atoms with Crippen molar-refractivity contribution >= 4 is 48.9 Å². The fraction of sp³-hybridized carbons (Fsp3) is 0.154. The summed E-state index contributed by atoms with van der Waals surface area (Å²) in [5, 5.41) is 5.77. The van der Waals surface area contributed by atoms with E-state index in [4.69, 9.17) is 0 Å². The van der Waals surface area contributed by atoms with Crippen LogP contribution in [-0.2, 0) is 21.2 Å². The second kappa shape index (κ2) is 11.3. The zero-order valence-corrected chi connectivity index (χ0v) is 22.2. The van der Waals surface area contributed by atoms with E-state index in [1.165, 1.54) is 16.4 Å². The Morgan fingerprint density at radius 2 is 1.77 bits per heavy atom. The van der Waals surface area contributed by atoms with Gasteiger partial charge in [0.15, 0.2) is 0 Å². The molecule has 0 saturated heterocycles. The van der Waals surface area contributed by atoms with Crippen LogP contribution < -0.4 is 5.32 Å². The van der Waals surface area contributed by atoms with Gasteiger partial charge in [-0.05, 0) is 55.3 Å². The molecule has 180 valence electrons. The highest BCUT2D eigenvalue weighted by atomic mass is 79.9. The highest BCUT2D eigenvalue weighted by Gasteiger charge is 2.26. The molecule has 9 heteroatoms. The monoisotopic (exact) mass is 569 g/mol. The van der Waals surface area contributed by atoms with Crippen LogP contribution in [0.3, 0.4) is 0 Å². The van der Waals surface area contributed by atoms with Crippen LogP contribution in [0.5, 0.6) is 0 Å². The van der Waals surface area contributed by atoms with E-state index in [-0.39, 0.29) is 18.0 Å². The molecule has 6 nitrogen and oxygen atoms in total. The number of carbonyl (C=O) groups is 1. The summed E-state index contributed by atoms with van der Waals surface area (Å²) in [5.74, 6) is -0.412. The summed E-state index contributed by atoms with van der Waals surface area (Å²) in [7, 11) is -3.88. The minimum Gasteiger partial charge on any atom is -0.325 e. The largest absolute Gasteiger partial charge is 0.325 e. The topological polar surface area (TPSA) is 79.4 Å². The molecule has 0 aliphatic rings. The molecular formula is C26H24BrN3O3S2. The van der Waals surface area contributed by atoms with Gasteiger partial charge < -0.3 is 5.32 Å². The van der Waals surface area contributed by atoms with E-state index in [1.54, 1.807) is 29.5 Å². The third-order valence-corrected chi connectivity index (χ3v) is 8.49. The van der Waals surface area contributed by atoms with Crippen LogP contribution >= 0.6 is 27.3 Å². The molecule has 0 aliphatic carbocycles. The quantitative estimate of drug-likeness (QED) is 0.278. The number of aryl methyl sites for hydroxylation is 1. The molecule has 4 aromatic rings. The van der Waals surface area contributed by atoms with Crippen LogP contribution in [0.25, 0.3) is 11.3 Å². The molecule has 0 bridgehead atoms. The SMILES string of the molecule is Cc1nc(-c2cccc(NC(=O)CN(CCc3ccccc3)S(=O)(=O)c3ccc(Br)cc3)c2)cs1. The lowest BCUT2D eigenvalue weighted by molar-refractivity contribution is -0.116. The van der Waals surface area contributed by atoms with E-state index in [0.29, 0.717) is 12.1 Å². The van der Waals surface area contributed by atoms with Crippen molar-refractivity contribution in [3.63, 3.8) is 0 Å². The van der Waals surface area contributed by atoms with Gasteiger partial charge >= 0.3 is 0 Å². The normalized spacial score (nSPS) is 11.5. The fourth-order valence-electron chi connectivity index (χ4n) is 3.55. The summed E-state index contributed by atoms with van der Waals surface area (Å²) in [6.07, 6.45) is 0.489. The Kier molecular flexibility index (Phi) is 8.12. The zero-order valence-electron chi connectivity index (χ0n) is 19.0. The molecular weight excluding hydrogens is 546 g/mol. The third-order valence-electron chi connectivity index (χ3n) is 5.33. The summed E-state index contributed by atoms with van der Waals surface area (Å²) < 4.78 is 28.8. The Balaban J connectivity index is 1.53. The first-order chi connectivity index (χ1) is 16.8. The van der Waals surface area contributed by atoms with Crippen LogP contribution in [0.4, 0.5) is 5.69 Å². The summed E-state index contributed by atoms with van der Waals surface area (Å²) in [6, 6.07) is 23.4. The lowest BCUT2D eigenvalue weighted by Gasteiger charge is -2.22. The predicted octanol–water partition coefficient (Wildman–Crippen LogP) is 5.75. The molecule has 1 amide bonds. The van der Waals surface area contributed by atoms with Crippen molar-refractivity contribution in [3.8, 4) is 11.3 Å². The molecule has 0 aliphatic heterocycles. The highest BCUT2D eigenvalue weighted by molar-refractivity contribution is 9.10. The highest BCUT2D eigenvalue weighted by Crippen LogP contribution is 2.24. The van der Waals surface area contributed by atoms with E-state index in [2.05, 4.69) is 26.2 Å². The van der Waals surface area contributed by atoms with E-state index in [0.717, 1.165) is 26.3 Å². The lowest BCUT2D eigenvalue weighted by Crippen LogP contribution is -2.39. The van der Waals surface area contributed by atoms with Gasteiger partial charge in [0, 0.05) is 27.6 Å². The maximum Gasteiger partial charge on any atom is 0.243 e. The molecule has 3 aromatic carbocycles. The Hall–Kier alpha value is -2.85. The van der Waals surface area contributed by atoms with Crippen molar-refractivity contribution in [1.29, 1.82) is 0 Å². The molecule has 1 aromatic heterocycles. The van der Waals surface area contributed by atoms with E-state index >= 15 is 0 Å². The second-order valence-corrected chi connectivity index (χ2v) is 11.8. The molecule has 0 atom stereocenters. The molecule has 0 radical (unpaired) electrons. The number of thiazole rings is 1. The molecule has 4 rings (SSSR count). The average Bonchev–Trinajstić information content (AvgIpc) is 3.29. The number of sulfonamides is 1. The number of anilines is 1. The van der Waals surface area contributed by atoms with Gasteiger partial charge in [0.2, 0.25) is 15.9 Å². The second-order valence-electron chi connectivity index (χ2n) is 7.91.